The Morgan fingerprint density at radius 3 is 2.96 bits per heavy atom. The van der Waals surface area contributed by atoms with E-state index < -0.39 is 0 Å². The lowest BCUT2D eigenvalue weighted by molar-refractivity contribution is -0.117. The van der Waals surface area contributed by atoms with E-state index in [1.54, 1.807) is 10.7 Å². The molecule has 1 amide bonds. The largest absolute Gasteiger partial charge is 0.488 e. The quantitative estimate of drug-likeness (QED) is 0.695. The number of amides is 1. The van der Waals surface area contributed by atoms with Gasteiger partial charge < -0.3 is 15.4 Å². The van der Waals surface area contributed by atoms with Gasteiger partial charge in [-0.25, -0.2) is 4.52 Å². The molecule has 0 aromatic carbocycles. The standard InChI is InChI=1S/C19H22N6O2/c1-24-18(16(10-21-24)27-11-14-4-6-20-14)13-5-7-25-15(8-13)9-17(23-25)22-19(26)12-2-3-12/h5,7-10,12,14,20H,2-4,6,11H2,1H3,(H,22,23,26). The van der Waals surface area contributed by atoms with Crippen molar-refractivity contribution in [3.05, 3.63) is 30.6 Å². The summed E-state index contributed by atoms with van der Waals surface area (Å²) < 4.78 is 9.58. The predicted molar refractivity (Wildman–Crippen MR) is 101 cm³/mol. The summed E-state index contributed by atoms with van der Waals surface area (Å²) in [6, 6.07) is 6.33. The second kappa shape index (κ2) is 6.38. The SMILES string of the molecule is Cn1ncc(OCC2CCN2)c1-c1ccn2nc(NC(=O)C3CC3)cc2c1. The molecule has 3 aromatic rings. The number of rotatable bonds is 6. The van der Waals surface area contributed by atoms with Gasteiger partial charge in [0.15, 0.2) is 11.6 Å². The molecule has 1 aliphatic carbocycles. The highest BCUT2D eigenvalue weighted by atomic mass is 16.5. The van der Waals surface area contributed by atoms with Crippen molar-refractivity contribution in [1.82, 2.24) is 24.7 Å². The van der Waals surface area contributed by atoms with Crippen LogP contribution >= 0.6 is 0 Å². The molecule has 1 atom stereocenters. The predicted octanol–water partition coefficient (Wildman–Crippen LogP) is 1.82. The molecule has 2 aliphatic rings. The summed E-state index contributed by atoms with van der Waals surface area (Å²) >= 11 is 0. The van der Waals surface area contributed by atoms with E-state index in [2.05, 4.69) is 20.8 Å². The number of carbonyl (C=O) groups is 1. The van der Waals surface area contributed by atoms with E-state index in [0.29, 0.717) is 18.5 Å². The molecule has 0 bridgehead atoms. The van der Waals surface area contributed by atoms with E-state index >= 15 is 0 Å². The normalized spacial score (nSPS) is 19.1. The Bertz CT molecular complexity index is 999. The highest BCUT2D eigenvalue weighted by Gasteiger charge is 2.30. The Morgan fingerprint density at radius 2 is 2.22 bits per heavy atom. The third kappa shape index (κ3) is 3.16. The molecule has 0 radical (unpaired) electrons. The first-order valence-electron chi connectivity index (χ1n) is 9.36. The lowest BCUT2D eigenvalue weighted by Crippen LogP contribution is -2.46. The highest BCUT2D eigenvalue weighted by molar-refractivity contribution is 5.93. The van der Waals surface area contributed by atoms with Crippen molar-refractivity contribution in [2.75, 3.05) is 18.5 Å². The minimum Gasteiger partial charge on any atom is -0.488 e. The Kier molecular flexibility index (Phi) is 3.86. The van der Waals surface area contributed by atoms with Gasteiger partial charge in [-0.15, -0.1) is 0 Å². The number of carbonyl (C=O) groups excluding carboxylic acids is 1. The van der Waals surface area contributed by atoms with E-state index in [-0.39, 0.29) is 11.8 Å². The molecule has 5 rings (SSSR count). The summed E-state index contributed by atoms with van der Waals surface area (Å²) in [7, 11) is 1.91. The van der Waals surface area contributed by atoms with Gasteiger partial charge in [0.25, 0.3) is 0 Å². The molecule has 8 heteroatoms. The molecular formula is C19H22N6O2. The maximum atomic E-state index is 12.0. The Balaban J connectivity index is 1.41. The van der Waals surface area contributed by atoms with Crippen LogP contribution in [0, 0.1) is 5.92 Å². The van der Waals surface area contributed by atoms with E-state index in [9.17, 15) is 4.79 Å². The molecule has 8 nitrogen and oxygen atoms in total. The summed E-state index contributed by atoms with van der Waals surface area (Å²) in [5.74, 6) is 1.58. The van der Waals surface area contributed by atoms with Crippen molar-refractivity contribution in [1.29, 1.82) is 0 Å². The van der Waals surface area contributed by atoms with Crippen LogP contribution in [0.25, 0.3) is 16.8 Å². The summed E-state index contributed by atoms with van der Waals surface area (Å²) in [5.41, 5.74) is 2.84. The maximum Gasteiger partial charge on any atom is 0.228 e. The fourth-order valence-corrected chi connectivity index (χ4v) is 3.31. The molecule has 140 valence electrons. The van der Waals surface area contributed by atoms with Gasteiger partial charge in [-0.3, -0.25) is 9.48 Å². The molecule has 1 saturated heterocycles. The van der Waals surface area contributed by atoms with Crippen LogP contribution in [0.4, 0.5) is 5.82 Å². The third-order valence-corrected chi connectivity index (χ3v) is 5.21. The number of aromatic nitrogens is 4. The molecule has 1 saturated carbocycles. The summed E-state index contributed by atoms with van der Waals surface area (Å²) in [4.78, 5) is 12.0. The Hall–Kier alpha value is -2.87. The van der Waals surface area contributed by atoms with Crippen LogP contribution < -0.4 is 15.4 Å². The Labute approximate surface area is 156 Å². The first-order chi connectivity index (χ1) is 13.2. The first-order valence-corrected chi connectivity index (χ1v) is 9.36. The fourth-order valence-electron chi connectivity index (χ4n) is 3.31. The molecule has 2 N–H and O–H groups in total. The number of hydrogen-bond donors (Lipinski definition) is 2. The lowest BCUT2D eigenvalue weighted by Gasteiger charge is -2.27. The number of fused-ring (bicyclic) bond motifs is 1. The van der Waals surface area contributed by atoms with Crippen molar-refractivity contribution in [2.24, 2.45) is 13.0 Å². The van der Waals surface area contributed by atoms with Crippen LogP contribution in [0.5, 0.6) is 5.75 Å². The highest BCUT2D eigenvalue weighted by Crippen LogP contribution is 2.32. The van der Waals surface area contributed by atoms with Gasteiger partial charge in [-0.2, -0.15) is 10.2 Å². The van der Waals surface area contributed by atoms with Crippen molar-refractivity contribution in [3.63, 3.8) is 0 Å². The number of nitrogens with one attached hydrogen (secondary N) is 2. The third-order valence-electron chi connectivity index (χ3n) is 5.21. The number of pyridine rings is 1. The van der Waals surface area contributed by atoms with Crippen LogP contribution in [0.2, 0.25) is 0 Å². The number of nitrogens with zero attached hydrogens (tertiary/aromatic N) is 4. The minimum absolute atomic E-state index is 0.0607. The van der Waals surface area contributed by atoms with Gasteiger partial charge in [0, 0.05) is 36.8 Å². The van der Waals surface area contributed by atoms with Gasteiger partial charge in [0.05, 0.1) is 11.7 Å². The summed E-state index contributed by atoms with van der Waals surface area (Å²) in [5, 5.41) is 15.0. The molecule has 4 heterocycles. The van der Waals surface area contributed by atoms with Gasteiger partial charge in [-0.1, -0.05) is 0 Å². The minimum atomic E-state index is 0.0607. The molecule has 3 aromatic heterocycles. The van der Waals surface area contributed by atoms with Crippen molar-refractivity contribution in [3.8, 4) is 17.0 Å². The zero-order chi connectivity index (χ0) is 18.4. The van der Waals surface area contributed by atoms with E-state index in [1.807, 2.05) is 36.1 Å². The summed E-state index contributed by atoms with van der Waals surface area (Å²) in [6.45, 7) is 1.70. The van der Waals surface area contributed by atoms with E-state index in [4.69, 9.17) is 4.74 Å². The molecule has 2 fully saturated rings. The molecule has 1 unspecified atom stereocenters. The van der Waals surface area contributed by atoms with Gasteiger partial charge in [-0.05, 0) is 37.9 Å². The second-order valence-electron chi connectivity index (χ2n) is 7.31. The van der Waals surface area contributed by atoms with Crippen LogP contribution in [0.15, 0.2) is 30.6 Å². The average Bonchev–Trinajstić information content (AvgIpc) is 3.29. The van der Waals surface area contributed by atoms with Crippen LogP contribution in [0.1, 0.15) is 19.3 Å². The lowest BCUT2D eigenvalue weighted by atomic mass is 10.1. The van der Waals surface area contributed by atoms with Crippen molar-refractivity contribution < 1.29 is 9.53 Å². The monoisotopic (exact) mass is 366 g/mol. The molecule has 1 aliphatic heterocycles. The smallest absolute Gasteiger partial charge is 0.228 e. The van der Waals surface area contributed by atoms with Crippen molar-refractivity contribution in [2.45, 2.75) is 25.3 Å². The van der Waals surface area contributed by atoms with E-state index in [0.717, 1.165) is 48.3 Å². The summed E-state index contributed by atoms with van der Waals surface area (Å²) in [6.07, 6.45) is 6.75. The molecule has 27 heavy (non-hydrogen) atoms. The molecule has 0 spiro atoms. The van der Waals surface area contributed by atoms with Crippen LogP contribution in [0.3, 0.4) is 0 Å². The van der Waals surface area contributed by atoms with Gasteiger partial charge in [0.1, 0.15) is 12.3 Å². The first kappa shape index (κ1) is 16.3. The van der Waals surface area contributed by atoms with Crippen molar-refractivity contribution >= 4 is 17.2 Å². The zero-order valence-corrected chi connectivity index (χ0v) is 15.2. The molecular weight excluding hydrogens is 344 g/mol. The number of aryl methyl sites for hydroxylation is 1. The number of ether oxygens (including phenoxy) is 1. The zero-order valence-electron chi connectivity index (χ0n) is 15.2. The van der Waals surface area contributed by atoms with Crippen LogP contribution in [-0.2, 0) is 11.8 Å². The number of hydrogen-bond acceptors (Lipinski definition) is 5. The maximum absolute atomic E-state index is 12.0. The number of anilines is 1. The van der Waals surface area contributed by atoms with Gasteiger partial charge in [0.2, 0.25) is 5.91 Å². The van der Waals surface area contributed by atoms with Gasteiger partial charge >= 0.3 is 0 Å². The second-order valence-corrected chi connectivity index (χ2v) is 7.31. The van der Waals surface area contributed by atoms with E-state index in [1.165, 1.54) is 0 Å². The fraction of sp³-hybridized carbons (Fsp3) is 0.421. The van der Waals surface area contributed by atoms with Crippen LogP contribution in [-0.4, -0.2) is 44.5 Å². The average molecular weight is 366 g/mol. The Morgan fingerprint density at radius 1 is 1.37 bits per heavy atom. The topological polar surface area (TPSA) is 85.5 Å².